The van der Waals surface area contributed by atoms with Gasteiger partial charge in [-0.25, -0.2) is 0 Å². The fourth-order valence-electron chi connectivity index (χ4n) is 9.35. The van der Waals surface area contributed by atoms with Gasteiger partial charge < -0.3 is 24.4 Å². The minimum atomic E-state index is -0.747. The summed E-state index contributed by atoms with van der Waals surface area (Å²) in [5.41, 5.74) is 0. The van der Waals surface area contributed by atoms with Crippen molar-refractivity contribution in [3.05, 3.63) is 0 Å². The van der Waals surface area contributed by atoms with Gasteiger partial charge in [0.25, 0.3) is 0 Å². The van der Waals surface area contributed by atoms with E-state index in [0.29, 0.717) is 50.5 Å². The highest BCUT2D eigenvalue weighted by atomic mass is 16.6. The zero-order chi connectivity index (χ0) is 42.9. The molecule has 0 spiro atoms. The minimum absolute atomic E-state index is 0.0489. The Morgan fingerprint density at radius 1 is 0.559 bits per heavy atom. The molecule has 0 radical (unpaired) electrons. The molecule has 0 aromatic rings. The van der Waals surface area contributed by atoms with Crippen LogP contribution in [-0.2, 0) is 14.3 Å². The predicted molar refractivity (Wildman–Crippen MR) is 256 cm³/mol. The van der Waals surface area contributed by atoms with Gasteiger partial charge in [0, 0.05) is 25.6 Å². The lowest BCUT2D eigenvalue weighted by atomic mass is 9.94. The first kappa shape index (κ1) is 56.3. The molecule has 6 heteroatoms. The average molecular weight is 835 g/mol. The molecule has 0 aliphatic carbocycles. The molecule has 1 rings (SSSR count). The van der Waals surface area contributed by atoms with E-state index in [0.717, 1.165) is 19.5 Å². The van der Waals surface area contributed by atoms with Crippen LogP contribution >= 0.6 is 0 Å². The van der Waals surface area contributed by atoms with Gasteiger partial charge in [0.2, 0.25) is 0 Å². The monoisotopic (exact) mass is 835 g/mol. The number of hydrogen-bond donors (Lipinski definition) is 1. The number of unbranched alkanes of at least 4 members (excludes halogenated alkanes) is 24. The number of carbonyl (C=O) groups excluding carboxylic acids is 1. The molecular weight excluding hydrogens is 729 g/mol. The van der Waals surface area contributed by atoms with Gasteiger partial charge in [0.1, 0.15) is 0 Å². The number of aliphatic hydroxyl groups is 1. The van der Waals surface area contributed by atoms with Crippen molar-refractivity contribution in [2.24, 2.45) is 11.8 Å². The first-order chi connectivity index (χ1) is 28.9. The molecule has 0 amide bonds. The Balaban J connectivity index is 2.64. The molecule has 1 fully saturated rings. The van der Waals surface area contributed by atoms with Crippen LogP contribution in [0.15, 0.2) is 0 Å². The normalized spacial score (nSPS) is 16.3. The Labute approximate surface area is 369 Å². The minimum Gasteiger partial charge on any atom is -0.465 e. The van der Waals surface area contributed by atoms with Crippen molar-refractivity contribution < 1.29 is 19.4 Å². The molecule has 0 bridgehead atoms. The molecule has 1 aliphatic rings. The summed E-state index contributed by atoms with van der Waals surface area (Å²) in [6.07, 6.45) is 46.1. The lowest BCUT2D eigenvalue weighted by Gasteiger charge is -2.27. The van der Waals surface area contributed by atoms with Gasteiger partial charge in [-0.05, 0) is 76.9 Å². The third-order valence-electron chi connectivity index (χ3n) is 13.6. The van der Waals surface area contributed by atoms with Gasteiger partial charge in [-0.1, -0.05) is 207 Å². The second-order valence-corrected chi connectivity index (χ2v) is 19.3. The van der Waals surface area contributed by atoms with Crippen molar-refractivity contribution in [1.29, 1.82) is 0 Å². The Kier molecular flexibility index (Phi) is 40.7. The largest absolute Gasteiger partial charge is 0.465 e. The number of hydrogen-bond acceptors (Lipinski definition) is 6. The van der Waals surface area contributed by atoms with Crippen molar-refractivity contribution in [2.75, 3.05) is 46.4 Å². The summed E-state index contributed by atoms with van der Waals surface area (Å²) in [6, 6.07) is 0.615. The molecule has 1 aliphatic heterocycles. The maximum atomic E-state index is 13.2. The number of aliphatic hydroxyl groups excluding tert-OH is 1. The molecule has 0 saturated carbocycles. The number of carbonyl (C=O) groups is 1. The van der Waals surface area contributed by atoms with Crippen LogP contribution in [0.5, 0.6) is 0 Å². The molecule has 1 N–H and O–H groups in total. The Morgan fingerprint density at radius 3 is 1.37 bits per heavy atom. The van der Waals surface area contributed by atoms with E-state index in [1.165, 1.54) is 225 Å². The molecule has 1 saturated heterocycles. The topological polar surface area (TPSA) is 62.2 Å². The van der Waals surface area contributed by atoms with Crippen molar-refractivity contribution >= 4 is 5.97 Å². The number of nitrogens with zero attached hydrogens (tertiary/aromatic N) is 2. The van der Waals surface area contributed by atoms with Crippen LogP contribution < -0.4 is 0 Å². The van der Waals surface area contributed by atoms with Crippen molar-refractivity contribution in [2.45, 2.75) is 278 Å². The lowest BCUT2D eigenvalue weighted by molar-refractivity contribution is -0.145. The molecule has 0 aromatic carbocycles. The fourth-order valence-corrected chi connectivity index (χ4v) is 9.35. The predicted octanol–water partition coefficient (Wildman–Crippen LogP) is 15.2. The van der Waals surface area contributed by atoms with Crippen LogP contribution in [0.25, 0.3) is 0 Å². The quantitative estimate of drug-likeness (QED) is 0.0374. The summed E-state index contributed by atoms with van der Waals surface area (Å²) in [7, 11) is 2.25. The fraction of sp³-hybridized carbons (Fsp3) is 0.981. The molecule has 4 atom stereocenters. The highest BCUT2D eigenvalue weighted by molar-refractivity contribution is 5.69. The number of likely N-dealkylation sites (tertiary alicyclic amines) is 1. The SMILES string of the molecule is CCCCCCCCCCC(CCCCCCCC)COC(=O)CCN(CCC(O)OCC(CCCCCCCC)CCCCCCCCCC)CCC1CCCN1C. The summed E-state index contributed by atoms with van der Waals surface area (Å²) < 4.78 is 12.3. The zero-order valence-electron chi connectivity index (χ0n) is 40.8. The van der Waals surface area contributed by atoms with Crippen molar-refractivity contribution in [1.82, 2.24) is 9.80 Å². The molecule has 59 heavy (non-hydrogen) atoms. The second kappa shape index (κ2) is 42.6. The third-order valence-corrected chi connectivity index (χ3v) is 13.6. The highest BCUT2D eigenvalue weighted by Gasteiger charge is 2.23. The first-order valence-electron chi connectivity index (χ1n) is 26.8. The zero-order valence-corrected chi connectivity index (χ0v) is 40.8. The Hall–Kier alpha value is -0.690. The first-order valence-corrected chi connectivity index (χ1v) is 26.8. The molecular formula is C53H106N2O4. The number of esters is 1. The van der Waals surface area contributed by atoms with E-state index < -0.39 is 6.29 Å². The van der Waals surface area contributed by atoms with E-state index in [-0.39, 0.29) is 5.97 Å². The Bertz CT molecular complexity index is 872. The van der Waals surface area contributed by atoms with Gasteiger partial charge in [0.15, 0.2) is 6.29 Å². The number of rotatable bonds is 46. The van der Waals surface area contributed by atoms with Gasteiger partial charge in [-0.2, -0.15) is 0 Å². The van der Waals surface area contributed by atoms with Crippen LogP contribution in [0.3, 0.4) is 0 Å². The molecule has 1 heterocycles. The van der Waals surface area contributed by atoms with E-state index in [4.69, 9.17) is 9.47 Å². The maximum Gasteiger partial charge on any atom is 0.307 e. The van der Waals surface area contributed by atoms with Crippen molar-refractivity contribution in [3.63, 3.8) is 0 Å². The molecule has 0 aromatic heterocycles. The van der Waals surface area contributed by atoms with Crippen LogP contribution in [0.1, 0.15) is 265 Å². The second-order valence-electron chi connectivity index (χ2n) is 19.3. The summed E-state index contributed by atoms with van der Waals surface area (Å²) in [4.78, 5) is 18.1. The van der Waals surface area contributed by atoms with Crippen LogP contribution in [0.4, 0.5) is 0 Å². The summed E-state index contributed by atoms with van der Waals surface area (Å²) in [5.74, 6) is 0.985. The van der Waals surface area contributed by atoms with E-state index >= 15 is 0 Å². The van der Waals surface area contributed by atoms with Crippen LogP contribution in [-0.4, -0.2) is 79.6 Å². The highest BCUT2D eigenvalue weighted by Crippen LogP contribution is 2.23. The van der Waals surface area contributed by atoms with Gasteiger partial charge in [0.05, 0.1) is 19.6 Å². The average Bonchev–Trinajstić information content (AvgIpc) is 3.66. The molecule has 352 valence electrons. The van der Waals surface area contributed by atoms with Gasteiger partial charge in [-0.15, -0.1) is 0 Å². The smallest absolute Gasteiger partial charge is 0.307 e. The van der Waals surface area contributed by atoms with Crippen LogP contribution in [0.2, 0.25) is 0 Å². The van der Waals surface area contributed by atoms with Crippen LogP contribution in [0, 0.1) is 11.8 Å². The van der Waals surface area contributed by atoms with Gasteiger partial charge >= 0.3 is 5.97 Å². The standard InChI is InChI=1S/C53H106N2O4/c1-6-10-14-18-22-24-28-32-37-49(35-30-26-20-16-12-8-3)47-58-52(56)41-45-55(44-40-51-39-34-43-54(51)5)46-42-53(57)59-48-50(36-31-27-21-17-13-9-4)38-33-29-25-23-19-15-11-7-2/h49-52,56H,6-48H2,1-5H3. The summed E-state index contributed by atoms with van der Waals surface area (Å²) in [5, 5.41) is 11.1. The van der Waals surface area contributed by atoms with E-state index in [1.807, 2.05) is 0 Å². The Morgan fingerprint density at radius 2 is 0.966 bits per heavy atom. The van der Waals surface area contributed by atoms with Gasteiger partial charge in [-0.3, -0.25) is 4.79 Å². The van der Waals surface area contributed by atoms with E-state index in [2.05, 4.69) is 44.5 Å². The van der Waals surface area contributed by atoms with E-state index in [9.17, 15) is 9.90 Å². The van der Waals surface area contributed by atoms with Crippen molar-refractivity contribution in [3.8, 4) is 0 Å². The molecule has 4 unspecified atom stereocenters. The van der Waals surface area contributed by atoms with E-state index in [1.54, 1.807) is 0 Å². The maximum absolute atomic E-state index is 13.2. The summed E-state index contributed by atoms with van der Waals surface area (Å²) >= 11 is 0. The lowest BCUT2D eigenvalue weighted by Crippen LogP contribution is -2.35. The summed E-state index contributed by atoms with van der Waals surface area (Å²) in [6.45, 7) is 14.0. The third kappa shape index (κ3) is 35.5. The molecule has 6 nitrogen and oxygen atoms in total. The number of ether oxygens (including phenoxy) is 2.